The van der Waals surface area contributed by atoms with Crippen molar-refractivity contribution in [1.29, 1.82) is 0 Å². The van der Waals surface area contributed by atoms with Gasteiger partial charge >= 0.3 is 0 Å². The molecule has 1 N–H and O–H groups in total. The molecule has 1 aliphatic rings. The van der Waals surface area contributed by atoms with E-state index in [1.165, 1.54) is 12.8 Å². The Morgan fingerprint density at radius 2 is 1.86 bits per heavy atom. The van der Waals surface area contributed by atoms with Gasteiger partial charge < -0.3 is 10.2 Å². The molecule has 1 aliphatic heterocycles. The van der Waals surface area contributed by atoms with Crippen molar-refractivity contribution in [1.82, 2.24) is 24.5 Å². The Morgan fingerprint density at radius 1 is 1.10 bits per heavy atom. The smallest absolute Gasteiger partial charge is 0.241 e. The number of nitrogens with one attached hydrogen (secondary N) is 1. The van der Waals surface area contributed by atoms with E-state index < -0.39 is 0 Å². The zero-order valence-corrected chi connectivity index (χ0v) is 12.6. The van der Waals surface area contributed by atoms with Crippen LogP contribution in [0.3, 0.4) is 0 Å². The number of hydrogen-bond donors (Lipinski definition) is 1. The van der Waals surface area contributed by atoms with Gasteiger partial charge in [-0.3, -0.25) is 4.57 Å². The second-order valence-electron chi connectivity index (χ2n) is 5.05. The van der Waals surface area contributed by atoms with Crippen LogP contribution in [0.15, 0.2) is 12.4 Å². The lowest BCUT2D eigenvalue weighted by Crippen LogP contribution is -2.23. The zero-order chi connectivity index (χ0) is 14.7. The molecule has 0 amide bonds. The molecule has 0 radical (unpaired) electrons. The molecule has 7 heteroatoms. The number of rotatable bonds is 5. The Morgan fingerprint density at radius 3 is 2.57 bits per heavy atom. The Balaban J connectivity index is 2.02. The number of imidazole rings is 1. The summed E-state index contributed by atoms with van der Waals surface area (Å²) in [5.74, 6) is 2.97. The first-order chi connectivity index (χ1) is 10.3. The summed E-state index contributed by atoms with van der Waals surface area (Å²) in [5, 5.41) is 3.19. The normalized spacial score (nSPS) is 14.7. The average molecular weight is 287 g/mol. The predicted molar refractivity (Wildman–Crippen MR) is 81.9 cm³/mol. The fraction of sp³-hybridized carbons (Fsp3) is 0.571. The number of aryl methyl sites for hydroxylation is 1. The molecule has 0 aliphatic carbocycles. The van der Waals surface area contributed by atoms with Gasteiger partial charge in [0.1, 0.15) is 5.82 Å². The maximum absolute atomic E-state index is 4.64. The summed E-state index contributed by atoms with van der Waals surface area (Å²) in [6.45, 7) is 6.92. The largest absolute Gasteiger partial charge is 0.354 e. The molecular weight excluding hydrogens is 266 g/mol. The minimum Gasteiger partial charge on any atom is -0.354 e. The van der Waals surface area contributed by atoms with Crippen LogP contribution in [-0.2, 0) is 6.42 Å². The molecule has 2 aromatic heterocycles. The van der Waals surface area contributed by atoms with Crippen LogP contribution in [0.25, 0.3) is 5.95 Å². The SMILES string of the molecule is CCNc1nc(N2CCCC2)nc(-n2ccnc2CC)n1. The van der Waals surface area contributed by atoms with Gasteiger partial charge in [-0.25, -0.2) is 4.98 Å². The summed E-state index contributed by atoms with van der Waals surface area (Å²) in [6.07, 6.45) is 6.92. The van der Waals surface area contributed by atoms with Crippen molar-refractivity contribution in [3.8, 4) is 5.95 Å². The third kappa shape index (κ3) is 2.81. The topological polar surface area (TPSA) is 71.8 Å². The zero-order valence-electron chi connectivity index (χ0n) is 12.6. The van der Waals surface area contributed by atoms with Gasteiger partial charge in [0, 0.05) is 38.4 Å². The lowest BCUT2D eigenvalue weighted by Gasteiger charge is -2.17. The third-order valence-corrected chi connectivity index (χ3v) is 3.58. The van der Waals surface area contributed by atoms with Gasteiger partial charge in [0.25, 0.3) is 0 Å². The van der Waals surface area contributed by atoms with Crippen molar-refractivity contribution in [2.24, 2.45) is 0 Å². The fourth-order valence-corrected chi connectivity index (χ4v) is 2.54. The van der Waals surface area contributed by atoms with Gasteiger partial charge in [-0.05, 0) is 19.8 Å². The molecule has 0 spiro atoms. The van der Waals surface area contributed by atoms with Crippen LogP contribution in [-0.4, -0.2) is 44.1 Å². The van der Waals surface area contributed by atoms with Crippen molar-refractivity contribution < 1.29 is 0 Å². The lowest BCUT2D eigenvalue weighted by atomic mass is 10.4. The van der Waals surface area contributed by atoms with Crippen LogP contribution in [0.2, 0.25) is 0 Å². The molecule has 3 rings (SSSR count). The van der Waals surface area contributed by atoms with Gasteiger partial charge in [-0.1, -0.05) is 6.92 Å². The first-order valence-corrected chi connectivity index (χ1v) is 7.59. The van der Waals surface area contributed by atoms with Crippen LogP contribution in [0.4, 0.5) is 11.9 Å². The van der Waals surface area contributed by atoms with Crippen LogP contribution in [0, 0.1) is 0 Å². The molecule has 0 unspecified atom stereocenters. The third-order valence-electron chi connectivity index (χ3n) is 3.58. The Labute approximate surface area is 124 Å². The highest BCUT2D eigenvalue weighted by Crippen LogP contribution is 2.19. The molecule has 1 fully saturated rings. The summed E-state index contributed by atoms with van der Waals surface area (Å²) in [4.78, 5) is 20.2. The average Bonchev–Trinajstić information content (AvgIpc) is 3.18. The maximum atomic E-state index is 4.64. The van der Waals surface area contributed by atoms with E-state index in [1.54, 1.807) is 6.20 Å². The molecule has 0 saturated carbocycles. The molecular formula is C14H21N7. The maximum Gasteiger partial charge on any atom is 0.241 e. The Bertz CT molecular complexity index is 601. The Kier molecular flexibility index (Phi) is 3.98. The quantitative estimate of drug-likeness (QED) is 0.901. The summed E-state index contributed by atoms with van der Waals surface area (Å²) in [6, 6.07) is 0. The number of nitrogens with zero attached hydrogens (tertiary/aromatic N) is 6. The minimum absolute atomic E-state index is 0.625. The second kappa shape index (κ2) is 6.07. The van der Waals surface area contributed by atoms with E-state index in [2.05, 4.69) is 37.1 Å². The van der Waals surface area contributed by atoms with Crippen molar-refractivity contribution >= 4 is 11.9 Å². The van der Waals surface area contributed by atoms with E-state index in [0.29, 0.717) is 11.9 Å². The van der Waals surface area contributed by atoms with E-state index in [-0.39, 0.29) is 0 Å². The summed E-state index contributed by atoms with van der Waals surface area (Å²) < 4.78 is 1.93. The molecule has 3 heterocycles. The monoisotopic (exact) mass is 287 g/mol. The van der Waals surface area contributed by atoms with Gasteiger partial charge in [-0.15, -0.1) is 0 Å². The molecule has 0 atom stereocenters. The van der Waals surface area contributed by atoms with Crippen molar-refractivity contribution in [3.05, 3.63) is 18.2 Å². The molecule has 21 heavy (non-hydrogen) atoms. The predicted octanol–water partition coefficient (Wildman–Crippen LogP) is 1.65. The van der Waals surface area contributed by atoms with Gasteiger partial charge in [0.15, 0.2) is 0 Å². The van der Waals surface area contributed by atoms with Crippen LogP contribution >= 0.6 is 0 Å². The second-order valence-corrected chi connectivity index (χ2v) is 5.05. The summed E-state index contributed by atoms with van der Waals surface area (Å²) in [7, 11) is 0. The highest BCUT2D eigenvalue weighted by Gasteiger charge is 2.18. The first kappa shape index (κ1) is 13.8. The Hall–Kier alpha value is -2.18. The summed E-state index contributed by atoms with van der Waals surface area (Å²) in [5.41, 5.74) is 0. The lowest BCUT2D eigenvalue weighted by molar-refractivity contribution is 0.802. The minimum atomic E-state index is 0.625. The van der Waals surface area contributed by atoms with E-state index in [1.807, 2.05) is 17.7 Å². The standard InChI is InChI=1S/C14H21N7/c1-3-11-16-7-10-21(11)14-18-12(15-4-2)17-13(19-14)20-8-5-6-9-20/h7,10H,3-6,8-9H2,1-2H3,(H,15,17,18,19). The van der Waals surface area contributed by atoms with Crippen molar-refractivity contribution in [2.45, 2.75) is 33.1 Å². The van der Waals surface area contributed by atoms with Gasteiger partial charge in [0.05, 0.1) is 0 Å². The number of hydrogen-bond acceptors (Lipinski definition) is 6. The molecule has 112 valence electrons. The highest BCUT2D eigenvalue weighted by molar-refractivity contribution is 5.41. The molecule has 0 aromatic carbocycles. The van der Waals surface area contributed by atoms with E-state index in [9.17, 15) is 0 Å². The molecule has 7 nitrogen and oxygen atoms in total. The van der Waals surface area contributed by atoms with Crippen LogP contribution in [0.5, 0.6) is 0 Å². The molecule has 1 saturated heterocycles. The highest BCUT2D eigenvalue weighted by atomic mass is 15.3. The molecule has 2 aromatic rings. The van der Waals surface area contributed by atoms with Gasteiger partial charge in [-0.2, -0.15) is 15.0 Å². The summed E-state index contributed by atoms with van der Waals surface area (Å²) >= 11 is 0. The van der Waals surface area contributed by atoms with Crippen molar-refractivity contribution in [2.75, 3.05) is 29.9 Å². The van der Waals surface area contributed by atoms with Crippen LogP contribution < -0.4 is 10.2 Å². The first-order valence-electron chi connectivity index (χ1n) is 7.59. The van der Waals surface area contributed by atoms with E-state index in [4.69, 9.17) is 0 Å². The van der Waals surface area contributed by atoms with E-state index >= 15 is 0 Å². The molecule has 0 bridgehead atoms. The van der Waals surface area contributed by atoms with E-state index in [0.717, 1.165) is 37.8 Å². The van der Waals surface area contributed by atoms with Crippen LogP contribution in [0.1, 0.15) is 32.5 Å². The fourth-order valence-electron chi connectivity index (χ4n) is 2.54. The van der Waals surface area contributed by atoms with Gasteiger partial charge in [0.2, 0.25) is 17.8 Å². The van der Waals surface area contributed by atoms with Crippen molar-refractivity contribution in [3.63, 3.8) is 0 Å². The number of anilines is 2. The number of aromatic nitrogens is 5.